The summed E-state index contributed by atoms with van der Waals surface area (Å²) in [4.78, 5) is 22.6. The topological polar surface area (TPSA) is 73.2 Å². The summed E-state index contributed by atoms with van der Waals surface area (Å²) in [5.41, 5.74) is 0. The van der Waals surface area contributed by atoms with E-state index in [2.05, 4.69) is 10.4 Å². The lowest BCUT2D eigenvalue weighted by Crippen LogP contribution is -2.33. The molecule has 0 bridgehead atoms. The van der Waals surface area contributed by atoms with Crippen LogP contribution in [-0.4, -0.2) is 34.8 Å². The van der Waals surface area contributed by atoms with E-state index in [1.54, 1.807) is 18.5 Å². The van der Waals surface area contributed by atoms with Gasteiger partial charge < -0.3 is 10.1 Å². The van der Waals surface area contributed by atoms with Crippen molar-refractivity contribution in [3.63, 3.8) is 0 Å². The highest BCUT2D eigenvalue weighted by atomic mass is 16.5. The summed E-state index contributed by atoms with van der Waals surface area (Å²) in [7, 11) is 0. The van der Waals surface area contributed by atoms with E-state index >= 15 is 0 Å². The van der Waals surface area contributed by atoms with Crippen molar-refractivity contribution < 1.29 is 14.3 Å². The van der Waals surface area contributed by atoms with Crippen LogP contribution in [0.1, 0.15) is 12.8 Å². The van der Waals surface area contributed by atoms with Crippen LogP contribution in [0.25, 0.3) is 0 Å². The maximum Gasteiger partial charge on any atom is 0.325 e. The highest BCUT2D eigenvalue weighted by Crippen LogP contribution is 2.28. The fraction of sp³-hybridized carbons (Fsp3) is 0.545. The minimum absolute atomic E-state index is 0.0766. The molecule has 1 heterocycles. The Morgan fingerprint density at radius 3 is 2.94 bits per heavy atom. The fourth-order valence-electron chi connectivity index (χ4n) is 1.31. The molecular weight excluding hydrogens is 222 g/mol. The largest absolute Gasteiger partial charge is 0.464 e. The smallest absolute Gasteiger partial charge is 0.325 e. The van der Waals surface area contributed by atoms with Gasteiger partial charge in [0.15, 0.2) is 0 Å². The number of amides is 1. The number of rotatable bonds is 6. The van der Waals surface area contributed by atoms with Crippen molar-refractivity contribution in [1.29, 1.82) is 0 Å². The van der Waals surface area contributed by atoms with E-state index in [0.717, 1.165) is 12.8 Å². The molecule has 6 nitrogen and oxygen atoms in total. The molecule has 92 valence electrons. The normalized spacial score (nSPS) is 14.4. The number of carbonyl (C=O) groups excluding carboxylic acids is 2. The average molecular weight is 237 g/mol. The molecule has 0 aliphatic heterocycles. The van der Waals surface area contributed by atoms with Gasteiger partial charge in [-0.1, -0.05) is 0 Å². The summed E-state index contributed by atoms with van der Waals surface area (Å²) in [6.07, 6.45) is 5.56. The zero-order valence-electron chi connectivity index (χ0n) is 9.46. The molecule has 1 aliphatic carbocycles. The molecule has 0 unspecified atom stereocenters. The van der Waals surface area contributed by atoms with Gasteiger partial charge in [-0.2, -0.15) is 5.10 Å². The highest BCUT2D eigenvalue weighted by Gasteiger charge is 2.22. The Balaban J connectivity index is 1.59. The molecule has 0 saturated heterocycles. The van der Waals surface area contributed by atoms with Crippen LogP contribution in [-0.2, 0) is 20.9 Å². The molecule has 6 heteroatoms. The second-order valence-electron chi connectivity index (χ2n) is 4.11. The molecule has 1 aromatic heterocycles. The quantitative estimate of drug-likeness (QED) is 0.704. The van der Waals surface area contributed by atoms with Gasteiger partial charge in [-0.3, -0.25) is 14.3 Å². The molecule has 1 amide bonds. The second kappa shape index (κ2) is 5.47. The number of ether oxygens (including phenoxy) is 1. The van der Waals surface area contributed by atoms with Crippen molar-refractivity contribution in [2.45, 2.75) is 19.4 Å². The second-order valence-corrected chi connectivity index (χ2v) is 4.11. The standard InChI is InChI=1S/C11H15N3O3/c15-10(7-14-5-1-4-13-14)12-6-11(16)17-8-9-2-3-9/h1,4-5,9H,2-3,6-8H2,(H,12,15). The number of hydrogen-bond acceptors (Lipinski definition) is 4. The number of aromatic nitrogens is 2. The van der Waals surface area contributed by atoms with E-state index in [0.29, 0.717) is 12.5 Å². The van der Waals surface area contributed by atoms with Gasteiger partial charge in [-0.15, -0.1) is 0 Å². The molecule has 0 spiro atoms. The fourth-order valence-corrected chi connectivity index (χ4v) is 1.31. The Kier molecular flexibility index (Phi) is 3.74. The van der Waals surface area contributed by atoms with E-state index in [1.807, 2.05) is 0 Å². The predicted octanol–water partition coefficient (Wildman–Crippen LogP) is -0.0475. The van der Waals surface area contributed by atoms with Crippen LogP contribution < -0.4 is 5.32 Å². The van der Waals surface area contributed by atoms with Crippen molar-refractivity contribution in [3.05, 3.63) is 18.5 Å². The van der Waals surface area contributed by atoms with Crippen molar-refractivity contribution in [2.24, 2.45) is 5.92 Å². The van der Waals surface area contributed by atoms with Crippen LogP contribution in [0.4, 0.5) is 0 Å². The highest BCUT2D eigenvalue weighted by molar-refractivity contribution is 5.81. The lowest BCUT2D eigenvalue weighted by molar-refractivity contribution is -0.144. The monoisotopic (exact) mass is 237 g/mol. The van der Waals surface area contributed by atoms with E-state index in [9.17, 15) is 9.59 Å². The maximum absolute atomic E-state index is 11.4. The minimum Gasteiger partial charge on any atom is -0.464 e. The summed E-state index contributed by atoms with van der Waals surface area (Å²) >= 11 is 0. The Morgan fingerprint density at radius 1 is 1.47 bits per heavy atom. The first-order valence-corrected chi connectivity index (χ1v) is 5.64. The SMILES string of the molecule is O=C(Cn1cccn1)NCC(=O)OCC1CC1. The molecule has 17 heavy (non-hydrogen) atoms. The zero-order chi connectivity index (χ0) is 12.1. The first-order chi connectivity index (χ1) is 8.24. The van der Waals surface area contributed by atoms with Gasteiger partial charge >= 0.3 is 5.97 Å². The lowest BCUT2D eigenvalue weighted by Gasteiger charge is -2.05. The van der Waals surface area contributed by atoms with Crippen LogP contribution in [0.2, 0.25) is 0 Å². The van der Waals surface area contributed by atoms with Crippen molar-refractivity contribution in [3.8, 4) is 0 Å². The van der Waals surface area contributed by atoms with Crippen LogP contribution in [0.15, 0.2) is 18.5 Å². The zero-order valence-corrected chi connectivity index (χ0v) is 9.46. The third kappa shape index (κ3) is 4.26. The van der Waals surface area contributed by atoms with Gasteiger partial charge in [0.1, 0.15) is 13.1 Å². The van der Waals surface area contributed by atoms with Gasteiger partial charge in [0.25, 0.3) is 0 Å². The molecule has 2 rings (SSSR count). The van der Waals surface area contributed by atoms with Crippen LogP contribution >= 0.6 is 0 Å². The average Bonchev–Trinajstić information content (AvgIpc) is 3.01. The Labute approximate surface area is 98.9 Å². The molecule has 1 saturated carbocycles. The van der Waals surface area contributed by atoms with Crippen molar-refractivity contribution >= 4 is 11.9 Å². The summed E-state index contributed by atoms with van der Waals surface area (Å²) in [5, 5.41) is 6.38. The first kappa shape index (κ1) is 11.6. The minimum atomic E-state index is -0.384. The summed E-state index contributed by atoms with van der Waals surface area (Å²) in [6, 6.07) is 1.73. The molecular formula is C11H15N3O3. The van der Waals surface area contributed by atoms with Crippen LogP contribution in [0, 0.1) is 5.92 Å². The summed E-state index contributed by atoms with van der Waals surface area (Å²) in [5.74, 6) is -0.0958. The van der Waals surface area contributed by atoms with Crippen molar-refractivity contribution in [1.82, 2.24) is 15.1 Å². The number of carbonyl (C=O) groups is 2. The molecule has 1 aliphatic rings. The van der Waals surface area contributed by atoms with Gasteiger partial charge in [0.05, 0.1) is 6.61 Å². The van der Waals surface area contributed by atoms with E-state index in [1.165, 1.54) is 4.68 Å². The number of hydrogen-bond donors (Lipinski definition) is 1. The Hall–Kier alpha value is -1.85. The Morgan fingerprint density at radius 2 is 2.29 bits per heavy atom. The Bertz CT molecular complexity index is 385. The molecule has 1 N–H and O–H groups in total. The van der Waals surface area contributed by atoms with E-state index in [4.69, 9.17) is 4.74 Å². The molecule has 1 fully saturated rings. The van der Waals surface area contributed by atoms with Gasteiger partial charge in [-0.25, -0.2) is 0 Å². The third-order valence-corrected chi connectivity index (χ3v) is 2.47. The van der Waals surface area contributed by atoms with Gasteiger partial charge in [-0.05, 0) is 24.8 Å². The third-order valence-electron chi connectivity index (χ3n) is 2.47. The molecule has 1 aromatic rings. The number of esters is 1. The van der Waals surface area contributed by atoms with Crippen LogP contribution in [0.3, 0.4) is 0 Å². The lowest BCUT2D eigenvalue weighted by atomic mass is 10.5. The van der Waals surface area contributed by atoms with Crippen LogP contribution in [0.5, 0.6) is 0 Å². The summed E-state index contributed by atoms with van der Waals surface area (Å²) < 4.78 is 6.47. The van der Waals surface area contributed by atoms with Gasteiger partial charge in [0.2, 0.25) is 5.91 Å². The van der Waals surface area contributed by atoms with Gasteiger partial charge in [0, 0.05) is 12.4 Å². The summed E-state index contributed by atoms with van der Waals surface area (Å²) in [6.45, 7) is 0.517. The molecule has 0 radical (unpaired) electrons. The molecule has 0 atom stereocenters. The van der Waals surface area contributed by atoms with Crippen molar-refractivity contribution in [2.75, 3.05) is 13.2 Å². The maximum atomic E-state index is 11.4. The van der Waals surface area contributed by atoms with E-state index in [-0.39, 0.29) is 25.0 Å². The first-order valence-electron chi connectivity index (χ1n) is 5.64. The van der Waals surface area contributed by atoms with E-state index < -0.39 is 0 Å². The molecule has 0 aromatic carbocycles. The number of nitrogens with zero attached hydrogens (tertiary/aromatic N) is 2. The predicted molar refractivity (Wildman–Crippen MR) is 58.9 cm³/mol. The number of nitrogens with one attached hydrogen (secondary N) is 1.